The molecule has 1 aliphatic carbocycles. The molecule has 1 atom stereocenters. The Morgan fingerprint density at radius 1 is 0.966 bits per heavy atom. The molecule has 1 fully saturated rings. The highest BCUT2D eigenvalue weighted by atomic mass is 16.3. The number of likely N-dealkylation sites (tertiary alicyclic amines) is 1. The van der Waals surface area contributed by atoms with Crippen LogP contribution in [0.2, 0.25) is 0 Å². The zero-order chi connectivity index (χ0) is 19.8. The molecule has 4 heteroatoms. The van der Waals surface area contributed by atoms with Crippen molar-refractivity contribution in [3.8, 4) is 0 Å². The van der Waals surface area contributed by atoms with Gasteiger partial charge in [-0.15, -0.1) is 0 Å². The van der Waals surface area contributed by atoms with Gasteiger partial charge in [0, 0.05) is 5.92 Å². The second-order valence-corrected chi connectivity index (χ2v) is 8.66. The van der Waals surface area contributed by atoms with Crippen LogP contribution in [0.3, 0.4) is 0 Å². The lowest BCUT2D eigenvalue weighted by Gasteiger charge is -2.42. The van der Waals surface area contributed by atoms with Gasteiger partial charge in [-0.05, 0) is 68.1 Å². The van der Waals surface area contributed by atoms with Crippen LogP contribution in [0.25, 0.3) is 0 Å². The van der Waals surface area contributed by atoms with Gasteiger partial charge in [0.2, 0.25) is 0 Å². The Balaban J connectivity index is 1.66. The minimum absolute atomic E-state index is 0.197. The van der Waals surface area contributed by atoms with Gasteiger partial charge >= 0.3 is 0 Å². The molecule has 0 amide bonds. The van der Waals surface area contributed by atoms with E-state index in [1.807, 2.05) is 12.3 Å². The zero-order valence-electron chi connectivity index (χ0n) is 17.1. The van der Waals surface area contributed by atoms with E-state index >= 15 is 0 Å². The number of piperidine rings is 1. The fraction of sp³-hybridized carbons (Fsp3) is 0.400. The molecule has 2 aromatic carbocycles. The summed E-state index contributed by atoms with van der Waals surface area (Å²) in [6.45, 7) is 2.74. The Labute approximate surface area is 172 Å². The molecule has 4 nitrogen and oxygen atoms in total. The summed E-state index contributed by atoms with van der Waals surface area (Å²) in [5.74, 6) is 0.197. The van der Waals surface area contributed by atoms with Gasteiger partial charge in [0.1, 0.15) is 5.60 Å². The summed E-state index contributed by atoms with van der Waals surface area (Å²) in [5.41, 5.74) is 4.79. The Hall–Kier alpha value is -2.43. The van der Waals surface area contributed by atoms with Crippen molar-refractivity contribution >= 4 is 0 Å². The molecule has 3 aromatic rings. The largest absolute Gasteiger partial charge is 0.378 e. The van der Waals surface area contributed by atoms with Crippen molar-refractivity contribution in [3.05, 3.63) is 88.7 Å². The minimum Gasteiger partial charge on any atom is -0.378 e. The third-order valence-corrected chi connectivity index (χ3v) is 6.85. The monoisotopic (exact) mass is 387 g/mol. The van der Waals surface area contributed by atoms with Crippen LogP contribution in [-0.4, -0.2) is 39.9 Å². The number of aromatic nitrogens is 2. The molecule has 150 valence electrons. The molecule has 2 heterocycles. The molecule has 0 bridgehead atoms. The van der Waals surface area contributed by atoms with Crippen LogP contribution in [0.4, 0.5) is 0 Å². The fourth-order valence-corrected chi connectivity index (χ4v) is 5.27. The number of nitrogens with zero attached hydrogens (tertiary/aromatic N) is 3. The van der Waals surface area contributed by atoms with E-state index in [1.165, 1.54) is 16.7 Å². The summed E-state index contributed by atoms with van der Waals surface area (Å²) >= 11 is 0. The average molecular weight is 388 g/mol. The van der Waals surface area contributed by atoms with E-state index < -0.39 is 5.60 Å². The molecule has 1 saturated heterocycles. The van der Waals surface area contributed by atoms with Gasteiger partial charge in [-0.1, -0.05) is 54.6 Å². The molecule has 1 unspecified atom stereocenters. The van der Waals surface area contributed by atoms with E-state index in [-0.39, 0.29) is 5.92 Å². The Bertz CT molecular complexity index is 988. The first-order valence-corrected chi connectivity index (χ1v) is 10.7. The molecule has 5 rings (SSSR count). The summed E-state index contributed by atoms with van der Waals surface area (Å²) in [6, 6.07) is 18.9. The summed E-state index contributed by atoms with van der Waals surface area (Å²) in [5, 5.41) is 17.3. The van der Waals surface area contributed by atoms with Crippen molar-refractivity contribution in [1.29, 1.82) is 0 Å². The lowest BCUT2D eigenvalue weighted by Crippen LogP contribution is -2.45. The van der Waals surface area contributed by atoms with E-state index in [0.29, 0.717) is 6.54 Å². The number of rotatable bonds is 3. The van der Waals surface area contributed by atoms with Crippen LogP contribution in [0, 0.1) is 5.92 Å². The Morgan fingerprint density at radius 3 is 2.45 bits per heavy atom. The van der Waals surface area contributed by atoms with Crippen LogP contribution >= 0.6 is 0 Å². The summed E-state index contributed by atoms with van der Waals surface area (Å²) in [4.78, 5) is 2.37. The van der Waals surface area contributed by atoms with E-state index in [1.54, 1.807) is 0 Å². The van der Waals surface area contributed by atoms with Gasteiger partial charge in [-0.3, -0.25) is 4.68 Å². The smallest absolute Gasteiger partial charge is 0.135 e. The molecule has 0 saturated carbocycles. The van der Waals surface area contributed by atoms with Crippen LogP contribution in [0.1, 0.15) is 40.8 Å². The van der Waals surface area contributed by atoms with Crippen LogP contribution in [0.15, 0.2) is 60.8 Å². The first kappa shape index (κ1) is 18.6. The number of benzene rings is 2. The molecule has 0 spiro atoms. The van der Waals surface area contributed by atoms with E-state index in [9.17, 15) is 5.11 Å². The van der Waals surface area contributed by atoms with Crippen LogP contribution in [0.5, 0.6) is 0 Å². The summed E-state index contributed by atoms with van der Waals surface area (Å²) < 4.78 is 2.06. The van der Waals surface area contributed by atoms with Crippen LogP contribution in [-0.2, 0) is 25.0 Å². The highest BCUT2D eigenvalue weighted by Gasteiger charge is 2.47. The third-order valence-electron chi connectivity index (χ3n) is 6.85. The zero-order valence-corrected chi connectivity index (χ0v) is 17.1. The molecular weight excluding hydrogens is 358 g/mol. The molecule has 0 radical (unpaired) electrons. The van der Waals surface area contributed by atoms with Gasteiger partial charge < -0.3 is 10.0 Å². The van der Waals surface area contributed by atoms with Gasteiger partial charge in [-0.2, -0.15) is 5.10 Å². The van der Waals surface area contributed by atoms with Crippen molar-refractivity contribution in [2.75, 3.05) is 20.1 Å². The van der Waals surface area contributed by atoms with Gasteiger partial charge in [0.25, 0.3) is 0 Å². The maximum atomic E-state index is 12.5. The first-order valence-electron chi connectivity index (χ1n) is 10.7. The highest BCUT2D eigenvalue weighted by Crippen LogP contribution is 2.46. The van der Waals surface area contributed by atoms with Crippen molar-refractivity contribution in [2.24, 2.45) is 5.92 Å². The maximum absolute atomic E-state index is 12.5. The predicted molar refractivity (Wildman–Crippen MR) is 115 cm³/mol. The predicted octanol–water partition coefficient (Wildman–Crippen LogP) is 3.61. The molecule has 1 N–H and O–H groups in total. The quantitative estimate of drug-likeness (QED) is 0.746. The van der Waals surface area contributed by atoms with Gasteiger partial charge in [-0.25, -0.2) is 0 Å². The first-order chi connectivity index (χ1) is 14.2. The standard InChI is InChI=1S/C25H29N3O/c1-27-15-13-22(14-16-27)25(29)23-10-6-5-9-20(23)11-12-21-17-26-28(24(21)25)18-19-7-3-2-4-8-19/h2-10,17,22,29H,11-16,18H2,1H3. The lowest BCUT2D eigenvalue weighted by atomic mass is 9.72. The molecular formula is C25H29N3O. The molecule has 1 aromatic heterocycles. The second kappa shape index (κ2) is 7.43. The van der Waals surface area contributed by atoms with Crippen LogP contribution < -0.4 is 0 Å². The molecule has 2 aliphatic rings. The van der Waals surface area contributed by atoms with E-state index in [2.05, 4.69) is 65.2 Å². The lowest BCUT2D eigenvalue weighted by molar-refractivity contribution is -0.0180. The fourth-order valence-electron chi connectivity index (χ4n) is 5.27. The second-order valence-electron chi connectivity index (χ2n) is 8.66. The molecule has 1 aliphatic heterocycles. The minimum atomic E-state index is -0.991. The number of hydrogen-bond donors (Lipinski definition) is 1. The average Bonchev–Trinajstić information content (AvgIpc) is 3.10. The number of aryl methyl sites for hydroxylation is 2. The van der Waals surface area contributed by atoms with Crippen molar-refractivity contribution in [1.82, 2.24) is 14.7 Å². The van der Waals surface area contributed by atoms with E-state index in [0.717, 1.165) is 50.0 Å². The Kier molecular flexibility index (Phi) is 4.76. The Morgan fingerprint density at radius 2 is 1.66 bits per heavy atom. The number of aliphatic hydroxyl groups is 1. The third kappa shape index (κ3) is 3.21. The van der Waals surface area contributed by atoms with Gasteiger partial charge in [0.15, 0.2) is 0 Å². The number of hydrogen-bond acceptors (Lipinski definition) is 3. The molecule has 29 heavy (non-hydrogen) atoms. The van der Waals surface area contributed by atoms with Crippen molar-refractivity contribution in [3.63, 3.8) is 0 Å². The van der Waals surface area contributed by atoms with E-state index in [4.69, 9.17) is 5.10 Å². The number of fused-ring (bicyclic) bond motifs is 2. The highest BCUT2D eigenvalue weighted by molar-refractivity contribution is 5.45. The topological polar surface area (TPSA) is 41.3 Å². The normalized spacial score (nSPS) is 22.7. The summed E-state index contributed by atoms with van der Waals surface area (Å²) in [6.07, 6.45) is 5.86. The maximum Gasteiger partial charge on any atom is 0.135 e. The van der Waals surface area contributed by atoms with Crippen molar-refractivity contribution < 1.29 is 5.11 Å². The van der Waals surface area contributed by atoms with Gasteiger partial charge in [0.05, 0.1) is 18.4 Å². The van der Waals surface area contributed by atoms with Crippen molar-refractivity contribution in [2.45, 2.75) is 37.8 Å². The summed E-state index contributed by atoms with van der Waals surface area (Å²) in [7, 11) is 2.17. The SMILES string of the molecule is CN1CCC(C2(O)c3ccccc3CCc3cnn(Cc4ccccc4)c32)CC1.